The molecule has 1 aliphatic heterocycles. The van der Waals surface area contributed by atoms with Gasteiger partial charge in [0.15, 0.2) is 15.1 Å². The second-order valence-corrected chi connectivity index (χ2v) is 13.8. The van der Waals surface area contributed by atoms with E-state index in [0.717, 1.165) is 12.1 Å². The Kier molecular flexibility index (Phi) is 8.06. The normalized spacial score (nSPS) is 18.0. The molecule has 9 nitrogen and oxygen atoms in total. The van der Waals surface area contributed by atoms with Crippen molar-refractivity contribution < 1.29 is 42.2 Å². The number of benzene rings is 4. The quantitative estimate of drug-likeness (QED) is 0.164. The molecule has 0 radical (unpaired) electrons. The molecule has 0 aliphatic carbocycles. The number of aliphatic hydroxyl groups is 1. The third kappa shape index (κ3) is 5.88. The number of amides is 1. The Labute approximate surface area is 241 Å². The highest BCUT2D eigenvalue weighted by molar-refractivity contribution is 7.93. The highest BCUT2D eigenvalue weighted by Crippen LogP contribution is 2.46. The molecule has 3 unspecified atom stereocenters. The number of phenols is 1. The van der Waals surface area contributed by atoms with E-state index in [-0.39, 0.29) is 23.0 Å². The van der Waals surface area contributed by atoms with Crippen LogP contribution in [-0.4, -0.2) is 45.3 Å². The molecular formula is C30H27FNO8PS. The fourth-order valence-electron chi connectivity index (χ4n) is 5.07. The van der Waals surface area contributed by atoms with Crippen LogP contribution < -0.4 is 10.2 Å². The first-order valence-corrected chi connectivity index (χ1v) is 16.2. The summed E-state index contributed by atoms with van der Waals surface area (Å²) in [6, 6.07) is 22.5. The number of carbonyl (C=O) groups is 1. The van der Waals surface area contributed by atoms with Crippen molar-refractivity contribution in [1.29, 1.82) is 0 Å². The lowest BCUT2D eigenvalue weighted by Gasteiger charge is -2.46. The van der Waals surface area contributed by atoms with Crippen LogP contribution in [0, 0.1) is 5.82 Å². The Morgan fingerprint density at radius 1 is 0.881 bits per heavy atom. The van der Waals surface area contributed by atoms with E-state index >= 15 is 0 Å². The van der Waals surface area contributed by atoms with Crippen molar-refractivity contribution in [3.63, 3.8) is 0 Å². The van der Waals surface area contributed by atoms with Gasteiger partial charge >= 0.3 is 7.60 Å². The number of para-hydroxylation sites is 1. The molecule has 1 amide bonds. The van der Waals surface area contributed by atoms with E-state index < -0.39 is 52.3 Å². The van der Waals surface area contributed by atoms with Crippen LogP contribution >= 0.6 is 7.60 Å². The molecule has 3 atom stereocenters. The van der Waals surface area contributed by atoms with E-state index in [2.05, 4.69) is 0 Å². The number of sulfone groups is 1. The molecule has 4 aromatic rings. The Morgan fingerprint density at radius 2 is 1.50 bits per heavy atom. The van der Waals surface area contributed by atoms with Gasteiger partial charge in [0, 0.05) is 11.3 Å². The number of hydrogen-bond acceptors (Lipinski definition) is 6. The van der Waals surface area contributed by atoms with Crippen molar-refractivity contribution in [2.75, 3.05) is 10.7 Å². The topological polar surface area (TPSA) is 152 Å². The zero-order valence-electron chi connectivity index (χ0n) is 22.0. The molecule has 0 aromatic heterocycles. The lowest BCUT2D eigenvalue weighted by atomic mass is 9.90. The fraction of sp³-hybridized carbons (Fsp3) is 0.167. The minimum atomic E-state index is -4.43. The second-order valence-electron chi connectivity index (χ2n) is 10.00. The third-order valence-corrected chi connectivity index (χ3v) is 10.3. The second kappa shape index (κ2) is 11.4. The van der Waals surface area contributed by atoms with Crippen LogP contribution in [0.3, 0.4) is 0 Å². The van der Waals surface area contributed by atoms with Crippen molar-refractivity contribution in [3.05, 3.63) is 114 Å². The van der Waals surface area contributed by atoms with Gasteiger partial charge in [0.1, 0.15) is 11.6 Å². The van der Waals surface area contributed by atoms with Crippen LogP contribution in [0.15, 0.2) is 97.1 Å². The Hall–Kier alpha value is -3.86. The number of hydrogen-bond donors (Lipinski definition) is 4. The highest BCUT2D eigenvalue weighted by Gasteiger charge is 2.56. The first-order chi connectivity index (χ1) is 19.9. The Balaban J connectivity index is 1.45. The number of nitrogens with zero attached hydrogens (tertiary/aromatic N) is 1. The van der Waals surface area contributed by atoms with Gasteiger partial charge in [0.05, 0.1) is 23.2 Å². The number of β-lactam (4-membered cyclic amide) rings is 1. The number of aromatic hydroxyl groups is 1. The zero-order valence-corrected chi connectivity index (χ0v) is 23.7. The lowest BCUT2D eigenvalue weighted by Crippen LogP contribution is -2.62. The van der Waals surface area contributed by atoms with Gasteiger partial charge in [-0.05, 0) is 65.6 Å². The average Bonchev–Trinajstić information content (AvgIpc) is 2.95. The molecule has 1 aliphatic rings. The van der Waals surface area contributed by atoms with Crippen molar-refractivity contribution in [2.45, 2.75) is 23.8 Å². The number of carbonyl (C=O) groups excluding carboxylic acids is 1. The number of anilines is 1. The molecule has 12 heteroatoms. The summed E-state index contributed by atoms with van der Waals surface area (Å²) in [7, 11) is -8.56. The number of rotatable bonds is 9. The number of aliphatic hydroxyl groups excluding tert-OH is 1. The van der Waals surface area contributed by atoms with Gasteiger partial charge in [-0.1, -0.05) is 54.6 Å². The Morgan fingerprint density at radius 3 is 2.10 bits per heavy atom. The predicted octanol–water partition coefficient (Wildman–Crippen LogP) is 4.00. The monoisotopic (exact) mass is 611 g/mol. The first kappa shape index (κ1) is 29.6. The van der Waals surface area contributed by atoms with E-state index in [4.69, 9.17) is 0 Å². The summed E-state index contributed by atoms with van der Waals surface area (Å²) in [5.41, 5.74) is 2.05. The minimum Gasteiger partial charge on any atom is -0.508 e. The molecule has 0 spiro atoms. The lowest BCUT2D eigenvalue weighted by molar-refractivity contribution is -0.123. The van der Waals surface area contributed by atoms with Gasteiger partial charge in [0.2, 0.25) is 5.91 Å². The molecule has 4 aromatic carbocycles. The van der Waals surface area contributed by atoms with Crippen molar-refractivity contribution in [1.82, 2.24) is 0 Å². The zero-order chi connectivity index (χ0) is 30.2. The SMILES string of the molecule is O=C1C(S(=O)(=O)CCC(O)c2ccc(F)cc2)C(c2ccc(-c3ccc(P(=O)(O)O)cc3)cc2O)N1c1ccccc1. The van der Waals surface area contributed by atoms with Gasteiger partial charge in [0.25, 0.3) is 0 Å². The maximum absolute atomic E-state index is 13.5. The average molecular weight is 612 g/mol. The summed E-state index contributed by atoms with van der Waals surface area (Å²) >= 11 is 0. The molecule has 1 heterocycles. The Bertz CT molecular complexity index is 1760. The van der Waals surface area contributed by atoms with Crippen LogP contribution in [-0.2, 0) is 19.2 Å². The molecule has 4 N–H and O–H groups in total. The van der Waals surface area contributed by atoms with E-state index in [1.807, 2.05) is 0 Å². The maximum Gasteiger partial charge on any atom is 0.356 e. The standard InChI is InChI=1S/C30H27FNO8PS/c31-22-11-6-20(7-12-22)26(33)16-17-42(39,40)29-28(32(30(29)35)23-4-2-1-3-5-23)25-15-10-21(18-27(25)34)19-8-13-24(14-9-19)41(36,37)38/h1-15,18,26,28-29,33-34H,16-17H2,(H2,36,37,38). The summed E-state index contributed by atoms with van der Waals surface area (Å²) in [5.74, 6) is -1.95. The maximum atomic E-state index is 13.5. The van der Waals surface area contributed by atoms with Crippen molar-refractivity contribution in [2.24, 2.45) is 0 Å². The van der Waals surface area contributed by atoms with Gasteiger partial charge in [-0.25, -0.2) is 12.8 Å². The smallest absolute Gasteiger partial charge is 0.356 e. The third-order valence-electron chi connectivity index (χ3n) is 7.28. The van der Waals surface area contributed by atoms with Gasteiger partial charge in [-0.2, -0.15) is 0 Å². The molecular weight excluding hydrogens is 584 g/mol. The molecule has 0 bridgehead atoms. The van der Waals surface area contributed by atoms with Gasteiger partial charge < -0.3 is 24.9 Å². The summed E-state index contributed by atoms with van der Waals surface area (Å²) in [5, 5.41) is 19.9. The fourth-order valence-corrected chi connectivity index (χ4v) is 7.49. The summed E-state index contributed by atoms with van der Waals surface area (Å²) in [6.45, 7) is 0. The van der Waals surface area contributed by atoms with E-state index in [9.17, 15) is 42.2 Å². The molecule has 42 heavy (non-hydrogen) atoms. The highest BCUT2D eigenvalue weighted by atomic mass is 32.2. The van der Waals surface area contributed by atoms with Crippen LogP contribution in [0.2, 0.25) is 0 Å². The summed E-state index contributed by atoms with van der Waals surface area (Å²) in [4.78, 5) is 33.4. The van der Waals surface area contributed by atoms with Gasteiger partial charge in [-0.15, -0.1) is 0 Å². The predicted molar refractivity (Wildman–Crippen MR) is 155 cm³/mol. The van der Waals surface area contributed by atoms with Crippen molar-refractivity contribution >= 4 is 34.3 Å². The summed E-state index contributed by atoms with van der Waals surface area (Å²) in [6.07, 6.45) is -1.41. The van der Waals surface area contributed by atoms with Crippen LogP contribution in [0.25, 0.3) is 11.1 Å². The molecule has 0 saturated carbocycles. The molecule has 1 fully saturated rings. The van der Waals surface area contributed by atoms with Crippen LogP contribution in [0.1, 0.15) is 29.7 Å². The molecule has 5 rings (SSSR count). The van der Waals surface area contributed by atoms with Crippen LogP contribution in [0.5, 0.6) is 5.75 Å². The molecule has 218 valence electrons. The number of halogens is 1. The van der Waals surface area contributed by atoms with E-state index in [1.54, 1.807) is 36.4 Å². The number of phenolic OH excluding ortho intramolecular Hbond substituents is 1. The largest absolute Gasteiger partial charge is 0.508 e. The van der Waals surface area contributed by atoms with Crippen LogP contribution in [0.4, 0.5) is 10.1 Å². The van der Waals surface area contributed by atoms with Gasteiger partial charge in [-0.3, -0.25) is 9.36 Å². The molecule has 1 saturated heterocycles. The van der Waals surface area contributed by atoms with E-state index in [0.29, 0.717) is 22.4 Å². The van der Waals surface area contributed by atoms with Crippen molar-refractivity contribution in [3.8, 4) is 16.9 Å². The summed E-state index contributed by atoms with van der Waals surface area (Å²) < 4.78 is 51.8. The first-order valence-electron chi connectivity index (χ1n) is 12.9. The minimum absolute atomic E-state index is 0.156. The van der Waals surface area contributed by atoms with E-state index in [1.165, 1.54) is 53.4 Å².